The highest BCUT2D eigenvalue weighted by Gasteiger charge is 2.09. The van der Waals surface area contributed by atoms with Crippen molar-refractivity contribution in [2.45, 2.75) is 19.8 Å². The molecule has 1 aromatic carbocycles. The molecule has 0 saturated heterocycles. The molecule has 0 radical (unpaired) electrons. The number of hydrogen-bond donors (Lipinski definition) is 0. The van der Waals surface area contributed by atoms with Crippen LogP contribution < -0.4 is 0 Å². The Balaban J connectivity index is 2.24. The molecule has 1 rings (SSSR count). The predicted molar refractivity (Wildman–Crippen MR) is 57.8 cm³/mol. The fraction of sp³-hybridized carbons (Fsp3) is 0.455. The molecule has 0 aliphatic heterocycles. The van der Waals surface area contributed by atoms with E-state index in [0.717, 1.165) is 25.2 Å². The van der Waals surface area contributed by atoms with Gasteiger partial charge in [0.25, 0.3) is 0 Å². The maximum absolute atomic E-state index is 11.2. The topological polar surface area (TPSA) is 17.1 Å². The molecule has 0 saturated carbocycles. The summed E-state index contributed by atoms with van der Waals surface area (Å²) in [6, 6.07) is 10.4. The van der Waals surface area contributed by atoms with E-state index in [1.54, 1.807) is 0 Å². The summed E-state index contributed by atoms with van der Waals surface area (Å²) in [6.07, 6.45) is 3.81. The first-order chi connectivity index (χ1) is 6.33. The minimum Gasteiger partial charge on any atom is -0.0749 e. The van der Waals surface area contributed by atoms with Gasteiger partial charge in [0, 0.05) is 0 Å². The van der Waals surface area contributed by atoms with Gasteiger partial charge in [0.1, 0.15) is 12.3 Å². The molecular weight excluding hydrogens is 179 g/mol. The number of hydrogen-bond acceptors (Lipinski definition) is 1. The molecule has 0 aliphatic carbocycles. The standard InChI is InChI=1S/C11H16OP/c1-2-13(12)10-6-9-11-7-4-3-5-8-11/h3-5,7-8H,2,6,9-10H2,1H3/q+1. The third-order valence-electron chi connectivity index (χ3n) is 2.07. The van der Waals surface area contributed by atoms with Crippen LogP contribution in [0.3, 0.4) is 0 Å². The van der Waals surface area contributed by atoms with Crippen molar-refractivity contribution in [3.05, 3.63) is 35.9 Å². The van der Waals surface area contributed by atoms with Crippen LogP contribution in [0, 0.1) is 0 Å². The van der Waals surface area contributed by atoms with Gasteiger partial charge in [-0.15, -0.1) is 0 Å². The Bertz CT molecular complexity index is 256. The van der Waals surface area contributed by atoms with Crippen molar-refractivity contribution in [1.29, 1.82) is 0 Å². The van der Waals surface area contributed by atoms with Gasteiger partial charge in [0.05, 0.1) is 0 Å². The average Bonchev–Trinajstić information content (AvgIpc) is 2.19. The Morgan fingerprint density at radius 2 is 1.92 bits per heavy atom. The molecule has 0 bridgehead atoms. The van der Waals surface area contributed by atoms with Crippen molar-refractivity contribution < 1.29 is 4.57 Å². The van der Waals surface area contributed by atoms with Crippen LogP contribution in [0.4, 0.5) is 0 Å². The first-order valence-electron chi connectivity index (χ1n) is 4.79. The van der Waals surface area contributed by atoms with E-state index in [0.29, 0.717) is 0 Å². The summed E-state index contributed by atoms with van der Waals surface area (Å²) in [5.74, 6) is 0. The lowest BCUT2D eigenvalue weighted by molar-refractivity contribution is 0.587. The quantitative estimate of drug-likeness (QED) is 0.657. The lowest BCUT2D eigenvalue weighted by Gasteiger charge is -1.95. The van der Waals surface area contributed by atoms with Crippen LogP contribution in [0.5, 0.6) is 0 Å². The summed E-state index contributed by atoms with van der Waals surface area (Å²) in [7, 11) is -0.925. The molecule has 0 heterocycles. The predicted octanol–water partition coefficient (Wildman–Crippen LogP) is 3.47. The highest BCUT2D eigenvalue weighted by atomic mass is 31.1. The van der Waals surface area contributed by atoms with Crippen molar-refractivity contribution >= 4 is 7.80 Å². The second-order valence-electron chi connectivity index (χ2n) is 3.11. The molecule has 0 aliphatic rings. The van der Waals surface area contributed by atoms with Gasteiger partial charge in [-0.3, -0.25) is 0 Å². The number of aryl methyl sites for hydroxylation is 1. The second kappa shape index (κ2) is 5.88. The summed E-state index contributed by atoms with van der Waals surface area (Å²) < 4.78 is 11.2. The average molecular weight is 195 g/mol. The zero-order valence-electron chi connectivity index (χ0n) is 8.07. The van der Waals surface area contributed by atoms with Gasteiger partial charge in [0.15, 0.2) is 0 Å². The van der Waals surface area contributed by atoms with E-state index < -0.39 is 7.80 Å². The maximum atomic E-state index is 11.2. The highest BCUT2D eigenvalue weighted by molar-refractivity contribution is 7.44. The van der Waals surface area contributed by atoms with Crippen LogP contribution in [-0.4, -0.2) is 12.3 Å². The second-order valence-corrected chi connectivity index (χ2v) is 5.15. The number of rotatable bonds is 5. The van der Waals surface area contributed by atoms with Crippen LogP contribution in [-0.2, 0) is 11.0 Å². The van der Waals surface area contributed by atoms with E-state index in [1.165, 1.54) is 5.56 Å². The molecule has 0 aromatic heterocycles. The van der Waals surface area contributed by atoms with Crippen LogP contribution in [0.15, 0.2) is 30.3 Å². The smallest absolute Gasteiger partial charge is 0.0749 e. The number of benzene rings is 1. The maximum Gasteiger partial charge on any atom is 0.338 e. The van der Waals surface area contributed by atoms with E-state index in [9.17, 15) is 4.57 Å². The van der Waals surface area contributed by atoms with Crippen molar-refractivity contribution in [3.8, 4) is 0 Å². The molecule has 2 heteroatoms. The van der Waals surface area contributed by atoms with Crippen molar-refractivity contribution in [3.63, 3.8) is 0 Å². The van der Waals surface area contributed by atoms with E-state index in [2.05, 4.69) is 24.3 Å². The van der Waals surface area contributed by atoms with Gasteiger partial charge >= 0.3 is 7.80 Å². The molecule has 0 amide bonds. The Kier molecular flexibility index (Phi) is 4.70. The van der Waals surface area contributed by atoms with Crippen molar-refractivity contribution in [2.75, 3.05) is 12.3 Å². The fourth-order valence-electron chi connectivity index (χ4n) is 1.26. The van der Waals surface area contributed by atoms with Crippen molar-refractivity contribution in [2.24, 2.45) is 0 Å². The molecule has 1 aromatic rings. The molecule has 1 nitrogen and oxygen atoms in total. The van der Waals surface area contributed by atoms with E-state index in [4.69, 9.17) is 0 Å². The minimum absolute atomic E-state index is 0.824. The molecule has 0 N–H and O–H groups in total. The first-order valence-corrected chi connectivity index (χ1v) is 6.42. The van der Waals surface area contributed by atoms with Gasteiger partial charge in [-0.05, 0) is 25.3 Å². The van der Waals surface area contributed by atoms with Crippen LogP contribution in [0.25, 0.3) is 0 Å². The summed E-state index contributed by atoms with van der Waals surface area (Å²) >= 11 is 0. The third kappa shape index (κ3) is 4.19. The Morgan fingerprint density at radius 1 is 1.23 bits per heavy atom. The molecule has 1 atom stereocenters. The monoisotopic (exact) mass is 195 g/mol. The van der Waals surface area contributed by atoms with Crippen LogP contribution in [0.1, 0.15) is 18.9 Å². The minimum atomic E-state index is -0.925. The third-order valence-corrected chi connectivity index (χ3v) is 3.59. The zero-order chi connectivity index (χ0) is 9.52. The fourth-order valence-corrected chi connectivity index (χ4v) is 2.09. The van der Waals surface area contributed by atoms with Crippen LogP contribution >= 0.6 is 7.80 Å². The summed E-state index contributed by atoms with van der Waals surface area (Å²) in [4.78, 5) is 0. The lowest BCUT2D eigenvalue weighted by Crippen LogP contribution is -1.87. The summed E-state index contributed by atoms with van der Waals surface area (Å²) in [6.45, 7) is 1.99. The van der Waals surface area contributed by atoms with E-state index in [-0.39, 0.29) is 0 Å². The van der Waals surface area contributed by atoms with Crippen LogP contribution in [0.2, 0.25) is 0 Å². The Labute approximate surface area is 81.0 Å². The van der Waals surface area contributed by atoms with Gasteiger partial charge in [-0.1, -0.05) is 34.9 Å². The van der Waals surface area contributed by atoms with Crippen molar-refractivity contribution in [1.82, 2.24) is 0 Å². The Hall–Kier alpha value is -0.680. The molecular formula is C11H16OP+. The van der Waals surface area contributed by atoms with Gasteiger partial charge in [-0.25, -0.2) is 0 Å². The lowest BCUT2D eigenvalue weighted by atomic mass is 10.1. The SMILES string of the molecule is CC[P+](=O)CCCc1ccccc1. The zero-order valence-corrected chi connectivity index (χ0v) is 8.97. The van der Waals surface area contributed by atoms with Gasteiger partial charge in [-0.2, -0.15) is 0 Å². The Morgan fingerprint density at radius 3 is 2.54 bits per heavy atom. The van der Waals surface area contributed by atoms with Gasteiger partial charge in [0.2, 0.25) is 0 Å². The molecule has 0 spiro atoms. The normalized spacial score (nSPS) is 11.3. The highest BCUT2D eigenvalue weighted by Crippen LogP contribution is 2.20. The first kappa shape index (κ1) is 10.4. The van der Waals surface area contributed by atoms with E-state index >= 15 is 0 Å². The van der Waals surface area contributed by atoms with E-state index in [1.807, 2.05) is 13.0 Å². The largest absolute Gasteiger partial charge is 0.338 e. The molecule has 70 valence electrons. The molecule has 13 heavy (non-hydrogen) atoms. The van der Waals surface area contributed by atoms with Gasteiger partial charge < -0.3 is 0 Å². The summed E-state index contributed by atoms with van der Waals surface area (Å²) in [5.41, 5.74) is 1.35. The summed E-state index contributed by atoms with van der Waals surface area (Å²) in [5, 5.41) is 0. The molecule has 0 fully saturated rings. The molecule has 1 unspecified atom stereocenters.